The van der Waals surface area contributed by atoms with E-state index in [9.17, 15) is 17.6 Å². The molecular formula is C30H30F4N4O3. The lowest BCUT2D eigenvalue weighted by Crippen LogP contribution is -2.55. The van der Waals surface area contributed by atoms with Gasteiger partial charge >= 0.3 is 12.3 Å². The van der Waals surface area contributed by atoms with E-state index in [1.54, 1.807) is 20.1 Å². The molecule has 1 fully saturated rings. The van der Waals surface area contributed by atoms with E-state index in [0.717, 1.165) is 17.5 Å². The molecular weight excluding hydrogens is 540 g/mol. The number of anilines is 2. The number of aryl methyl sites for hydroxylation is 1. The second kappa shape index (κ2) is 12.4. The fourth-order valence-corrected chi connectivity index (χ4v) is 5.27. The van der Waals surface area contributed by atoms with Crippen molar-refractivity contribution in [1.82, 2.24) is 4.90 Å². The van der Waals surface area contributed by atoms with Gasteiger partial charge in [0.05, 0.1) is 18.7 Å². The Morgan fingerprint density at radius 3 is 2.27 bits per heavy atom. The molecule has 0 amide bonds. The molecule has 3 aromatic carbocycles. The summed E-state index contributed by atoms with van der Waals surface area (Å²) >= 11 is 0. The first-order chi connectivity index (χ1) is 19.6. The first kappa shape index (κ1) is 29.6. The van der Waals surface area contributed by atoms with Crippen LogP contribution in [-0.4, -0.2) is 50.3 Å². The summed E-state index contributed by atoms with van der Waals surface area (Å²) in [7, 11) is 1.63. The Balaban J connectivity index is 0.00000124. The molecule has 1 atom stereocenters. The number of aliphatic imine (C=N–C) groups is 1. The van der Waals surface area contributed by atoms with Gasteiger partial charge in [0, 0.05) is 49.2 Å². The van der Waals surface area contributed by atoms with Crippen molar-refractivity contribution in [3.8, 4) is 5.75 Å². The number of guanidine groups is 1. The van der Waals surface area contributed by atoms with Crippen LogP contribution in [-0.2, 0) is 15.8 Å². The maximum absolute atomic E-state index is 15.0. The molecule has 7 nitrogen and oxygen atoms in total. The molecule has 3 aromatic rings. The van der Waals surface area contributed by atoms with Crippen molar-refractivity contribution in [3.63, 3.8) is 0 Å². The minimum absolute atomic E-state index is 0.250. The fourth-order valence-electron chi connectivity index (χ4n) is 5.27. The van der Waals surface area contributed by atoms with Gasteiger partial charge < -0.3 is 19.4 Å². The number of para-hydroxylation sites is 1. The average Bonchev–Trinajstić information content (AvgIpc) is 2.97. The number of halogens is 4. The van der Waals surface area contributed by atoms with E-state index >= 15 is 0 Å². The number of ether oxygens (including phenoxy) is 1. The van der Waals surface area contributed by atoms with Crippen molar-refractivity contribution in [1.29, 1.82) is 0 Å². The number of benzene rings is 3. The largest absolute Gasteiger partial charge is 0.497 e. The van der Waals surface area contributed by atoms with Crippen molar-refractivity contribution in [2.75, 3.05) is 43.1 Å². The number of carbonyl (C=O) groups excluding carboxylic acids is 2. The Hall–Kier alpha value is -4.37. The SMILES string of the molecule is CC[C@H]1c2cccc(F)c2N=C(N2CCN(c3cccc(OC)c3)CC2)N1c1cc(C(F)(F)F)ccc1C.O=C=O. The minimum atomic E-state index is -4.48. The molecule has 5 rings (SSSR count). The lowest BCUT2D eigenvalue weighted by molar-refractivity contribution is -0.191. The van der Waals surface area contributed by atoms with Gasteiger partial charge in [-0.1, -0.05) is 31.2 Å². The van der Waals surface area contributed by atoms with Crippen LogP contribution in [0.25, 0.3) is 0 Å². The maximum atomic E-state index is 15.0. The number of rotatable bonds is 4. The summed E-state index contributed by atoms with van der Waals surface area (Å²) in [5.74, 6) is 0.807. The highest BCUT2D eigenvalue weighted by atomic mass is 19.4. The van der Waals surface area contributed by atoms with Gasteiger partial charge in [-0.3, -0.25) is 0 Å². The van der Waals surface area contributed by atoms with E-state index in [2.05, 4.69) is 9.80 Å². The normalized spacial score (nSPS) is 16.7. The quantitative estimate of drug-likeness (QED) is 0.340. The summed E-state index contributed by atoms with van der Waals surface area (Å²) in [5.41, 5.74) is 2.35. The van der Waals surface area contributed by atoms with Gasteiger partial charge in [0.15, 0.2) is 0 Å². The van der Waals surface area contributed by atoms with Gasteiger partial charge in [0.25, 0.3) is 0 Å². The van der Waals surface area contributed by atoms with Crippen molar-refractivity contribution in [3.05, 3.63) is 83.2 Å². The molecule has 216 valence electrons. The van der Waals surface area contributed by atoms with Gasteiger partial charge in [-0.25, -0.2) is 9.38 Å². The minimum Gasteiger partial charge on any atom is -0.497 e. The molecule has 0 aromatic heterocycles. The van der Waals surface area contributed by atoms with Crippen LogP contribution >= 0.6 is 0 Å². The van der Waals surface area contributed by atoms with Crippen molar-refractivity contribution in [2.45, 2.75) is 32.5 Å². The molecule has 0 aliphatic carbocycles. The lowest BCUT2D eigenvalue weighted by Gasteiger charge is -2.45. The second-order valence-corrected chi connectivity index (χ2v) is 9.64. The van der Waals surface area contributed by atoms with E-state index in [-0.39, 0.29) is 17.9 Å². The topological polar surface area (TPSA) is 65.5 Å². The third-order valence-corrected chi connectivity index (χ3v) is 7.28. The monoisotopic (exact) mass is 570 g/mol. The summed E-state index contributed by atoms with van der Waals surface area (Å²) < 4.78 is 61.5. The molecule has 0 radical (unpaired) electrons. The average molecular weight is 571 g/mol. The number of piperazine rings is 1. The Bertz CT molecular complexity index is 1450. The number of methoxy groups -OCH3 is 1. The second-order valence-electron chi connectivity index (χ2n) is 9.64. The van der Waals surface area contributed by atoms with E-state index < -0.39 is 17.6 Å². The van der Waals surface area contributed by atoms with Crippen molar-refractivity contribution in [2.24, 2.45) is 4.99 Å². The van der Waals surface area contributed by atoms with Crippen LogP contribution in [0.3, 0.4) is 0 Å². The molecule has 0 bridgehead atoms. The van der Waals surface area contributed by atoms with Crippen LogP contribution in [0.15, 0.2) is 65.7 Å². The number of fused-ring (bicyclic) bond motifs is 1. The van der Waals surface area contributed by atoms with E-state index in [0.29, 0.717) is 55.4 Å². The van der Waals surface area contributed by atoms with Gasteiger partial charge in [-0.15, -0.1) is 0 Å². The molecule has 0 unspecified atom stereocenters. The smallest absolute Gasteiger partial charge is 0.416 e. The third-order valence-electron chi connectivity index (χ3n) is 7.28. The van der Waals surface area contributed by atoms with Crippen LogP contribution < -0.4 is 14.5 Å². The van der Waals surface area contributed by atoms with Crippen LogP contribution in [0, 0.1) is 12.7 Å². The standard InChI is InChI=1S/C29H30F4N4O.CO2/c1-4-25-23-9-6-10-24(30)27(23)34-28(37(25)26-17-20(29(31,32)33)12-11-19(26)2)36-15-13-35(14-16-36)21-7-5-8-22(18-21)38-3;2-1-3/h5-12,17-18,25H,4,13-16H2,1-3H3;/t25-;/m0./s1. The van der Waals surface area contributed by atoms with Crippen LogP contribution in [0.4, 0.5) is 34.6 Å². The molecule has 2 heterocycles. The summed E-state index contributed by atoms with van der Waals surface area (Å²) in [6.07, 6.45) is -3.67. The van der Waals surface area contributed by atoms with E-state index in [1.165, 1.54) is 18.2 Å². The van der Waals surface area contributed by atoms with Crippen LogP contribution in [0.5, 0.6) is 5.75 Å². The zero-order valence-electron chi connectivity index (χ0n) is 22.9. The van der Waals surface area contributed by atoms with Gasteiger partial charge in [-0.2, -0.15) is 22.8 Å². The van der Waals surface area contributed by atoms with Crippen LogP contribution in [0.1, 0.15) is 36.1 Å². The Morgan fingerprint density at radius 1 is 0.976 bits per heavy atom. The Labute approximate surface area is 235 Å². The Kier molecular flexibility index (Phi) is 8.98. The predicted molar refractivity (Wildman–Crippen MR) is 147 cm³/mol. The third kappa shape index (κ3) is 6.20. The first-order valence-corrected chi connectivity index (χ1v) is 13.1. The van der Waals surface area contributed by atoms with E-state index in [1.807, 2.05) is 42.2 Å². The number of hydrogen-bond donors (Lipinski definition) is 0. The summed E-state index contributed by atoms with van der Waals surface area (Å²) in [6, 6.07) is 16.0. The fraction of sp³-hybridized carbons (Fsp3) is 0.333. The summed E-state index contributed by atoms with van der Waals surface area (Å²) in [4.78, 5) is 27.2. The van der Waals surface area contributed by atoms with E-state index in [4.69, 9.17) is 19.3 Å². The molecule has 0 spiro atoms. The molecule has 2 aliphatic rings. The highest BCUT2D eigenvalue weighted by Gasteiger charge is 2.38. The summed E-state index contributed by atoms with van der Waals surface area (Å²) in [5, 5.41) is 0. The number of nitrogens with zero attached hydrogens (tertiary/aromatic N) is 4. The Morgan fingerprint density at radius 2 is 1.63 bits per heavy atom. The predicted octanol–water partition coefficient (Wildman–Crippen LogP) is 6.36. The summed E-state index contributed by atoms with van der Waals surface area (Å²) in [6.45, 7) is 6.24. The van der Waals surface area contributed by atoms with Gasteiger partial charge in [0.1, 0.15) is 17.3 Å². The molecule has 1 saturated heterocycles. The lowest BCUT2D eigenvalue weighted by atomic mass is 9.96. The van der Waals surface area contributed by atoms with Crippen molar-refractivity contribution < 1.29 is 31.9 Å². The molecule has 41 heavy (non-hydrogen) atoms. The zero-order valence-corrected chi connectivity index (χ0v) is 22.9. The van der Waals surface area contributed by atoms with Crippen LogP contribution in [0.2, 0.25) is 0 Å². The molecule has 0 N–H and O–H groups in total. The van der Waals surface area contributed by atoms with Gasteiger partial charge in [0.2, 0.25) is 5.96 Å². The zero-order chi connectivity index (χ0) is 29.7. The molecule has 11 heteroatoms. The number of hydrogen-bond acceptors (Lipinski definition) is 7. The highest BCUT2D eigenvalue weighted by molar-refractivity contribution is 6.01. The first-order valence-electron chi connectivity index (χ1n) is 13.1. The van der Waals surface area contributed by atoms with Gasteiger partial charge in [-0.05, 0) is 49.2 Å². The highest BCUT2D eigenvalue weighted by Crippen LogP contribution is 2.44. The molecule has 2 aliphatic heterocycles. The molecule has 0 saturated carbocycles. The number of alkyl halides is 3. The maximum Gasteiger partial charge on any atom is 0.416 e. The van der Waals surface area contributed by atoms with Crippen molar-refractivity contribution >= 4 is 29.2 Å².